The van der Waals surface area contributed by atoms with E-state index in [4.69, 9.17) is 5.73 Å². The maximum Gasteiger partial charge on any atom is 0.0951 e. The number of aliphatic hydroxyl groups is 1. The molecule has 15 heavy (non-hydrogen) atoms. The number of rotatable bonds is 4. The van der Waals surface area contributed by atoms with Crippen LogP contribution in [0, 0.1) is 19.8 Å². The van der Waals surface area contributed by atoms with Gasteiger partial charge in [-0.3, -0.25) is 0 Å². The van der Waals surface area contributed by atoms with Gasteiger partial charge in [0.05, 0.1) is 6.10 Å². The molecule has 0 bridgehead atoms. The average molecular weight is 227 g/mol. The minimum absolute atomic E-state index is 0.155. The summed E-state index contributed by atoms with van der Waals surface area (Å²) in [4.78, 5) is 2.41. The second-order valence-corrected chi connectivity index (χ2v) is 6.07. The van der Waals surface area contributed by atoms with E-state index in [1.807, 2.05) is 13.0 Å². The molecule has 0 spiro atoms. The second kappa shape index (κ2) is 5.10. The van der Waals surface area contributed by atoms with Crippen molar-refractivity contribution in [1.82, 2.24) is 0 Å². The Morgan fingerprint density at radius 1 is 1.40 bits per heavy atom. The van der Waals surface area contributed by atoms with Gasteiger partial charge in [-0.05, 0) is 37.8 Å². The Morgan fingerprint density at radius 2 is 2.00 bits per heavy atom. The Hall–Kier alpha value is -0.380. The van der Waals surface area contributed by atoms with Crippen LogP contribution in [0.3, 0.4) is 0 Å². The van der Waals surface area contributed by atoms with Crippen LogP contribution in [0.25, 0.3) is 0 Å². The van der Waals surface area contributed by atoms with E-state index in [-0.39, 0.29) is 6.04 Å². The molecule has 2 nitrogen and oxygen atoms in total. The first-order valence-electron chi connectivity index (χ1n) is 5.42. The van der Waals surface area contributed by atoms with Crippen molar-refractivity contribution in [2.75, 3.05) is 0 Å². The van der Waals surface area contributed by atoms with Crippen molar-refractivity contribution < 1.29 is 5.11 Å². The molecule has 0 aliphatic heterocycles. The highest BCUT2D eigenvalue weighted by atomic mass is 32.1. The van der Waals surface area contributed by atoms with Crippen molar-refractivity contribution in [3.8, 4) is 0 Å². The lowest BCUT2D eigenvalue weighted by molar-refractivity contribution is 0.136. The molecule has 0 amide bonds. The molecule has 0 fully saturated rings. The summed E-state index contributed by atoms with van der Waals surface area (Å²) in [5, 5.41) is 10.1. The van der Waals surface area contributed by atoms with Crippen molar-refractivity contribution in [1.29, 1.82) is 0 Å². The van der Waals surface area contributed by atoms with Crippen LogP contribution in [0.1, 0.15) is 41.7 Å². The van der Waals surface area contributed by atoms with Gasteiger partial charge >= 0.3 is 0 Å². The maximum atomic E-state index is 10.1. The summed E-state index contributed by atoms with van der Waals surface area (Å²) in [7, 11) is 0. The molecule has 1 rings (SSSR count). The van der Waals surface area contributed by atoms with Crippen LogP contribution < -0.4 is 5.73 Å². The van der Waals surface area contributed by atoms with Crippen LogP contribution in [-0.4, -0.2) is 11.1 Å². The highest BCUT2D eigenvalue weighted by Gasteiger charge is 2.20. The smallest absolute Gasteiger partial charge is 0.0951 e. The third-order valence-electron chi connectivity index (χ3n) is 2.55. The van der Waals surface area contributed by atoms with Gasteiger partial charge in [-0.25, -0.2) is 0 Å². The monoisotopic (exact) mass is 227 g/mol. The zero-order valence-electron chi connectivity index (χ0n) is 9.95. The fraction of sp³-hybridized carbons (Fsp3) is 0.667. The molecule has 86 valence electrons. The van der Waals surface area contributed by atoms with Gasteiger partial charge in [0.1, 0.15) is 0 Å². The van der Waals surface area contributed by atoms with Gasteiger partial charge in [0, 0.05) is 15.8 Å². The molecule has 0 saturated heterocycles. The molecule has 1 aromatic rings. The van der Waals surface area contributed by atoms with E-state index in [0.717, 1.165) is 12.0 Å². The Labute approximate surface area is 96.1 Å². The van der Waals surface area contributed by atoms with Crippen LogP contribution in [0.15, 0.2) is 6.07 Å². The molecule has 0 aliphatic rings. The van der Waals surface area contributed by atoms with Gasteiger partial charge in [0.15, 0.2) is 0 Å². The number of thiophene rings is 1. The molecule has 1 heterocycles. The fourth-order valence-electron chi connectivity index (χ4n) is 1.85. The van der Waals surface area contributed by atoms with E-state index in [9.17, 15) is 5.11 Å². The Kier molecular flexibility index (Phi) is 4.32. The molecule has 0 aliphatic carbocycles. The number of aryl methyl sites for hydroxylation is 2. The van der Waals surface area contributed by atoms with Crippen LogP contribution in [0.4, 0.5) is 0 Å². The predicted molar refractivity (Wildman–Crippen MR) is 66.2 cm³/mol. The molecule has 0 radical (unpaired) electrons. The maximum absolute atomic E-state index is 10.1. The van der Waals surface area contributed by atoms with E-state index < -0.39 is 6.10 Å². The van der Waals surface area contributed by atoms with Crippen LogP contribution in [0.5, 0.6) is 0 Å². The quantitative estimate of drug-likeness (QED) is 0.831. The first-order valence-corrected chi connectivity index (χ1v) is 6.24. The van der Waals surface area contributed by atoms with Gasteiger partial charge < -0.3 is 10.8 Å². The van der Waals surface area contributed by atoms with Crippen molar-refractivity contribution in [2.24, 2.45) is 11.7 Å². The molecule has 0 aromatic carbocycles. The van der Waals surface area contributed by atoms with Gasteiger partial charge in [-0.1, -0.05) is 13.8 Å². The SMILES string of the molecule is Cc1cc(C(O)C(N)CC(C)C)c(C)s1. The van der Waals surface area contributed by atoms with Crippen molar-refractivity contribution in [3.63, 3.8) is 0 Å². The molecule has 1 aromatic heterocycles. The Bertz CT molecular complexity index is 319. The first kappa shape index (κ1) is 12.7. The highest BCUT2D eigenvalue weighted by molar-refractivity contribution is 7.12. The lowest BCUT2D eigenvalue weighted by atomic mass is 9.95. The predicted octanol–water partition coefficient (Wildman–Crippen LogP) is 2.77. The van der Waals surface area contributed by atoms with Crippen molar-refractivity contribution >= 4 is 11.3 Å². The topological polar surface area (TPSA) is 46.2 Å². The van der Waals surface area contributed by atoms with Gasteiger partial charge in [0.25, 0.3) is 0 Å². The summed E-state index contributed by atoms with van der Waals surface area (Å²) in [6.45, 7) is 8.34. The lowest BCUT2D eigenvalue weighted by Crippen LogP contribution is -2.29. The molecular formula is C12H21NOS. The van der Waals surface area contributed by atoms with Gasteiger partial charge in [-0.15, -0.1) is 11.3 Å². The van der Waals surface area contributed by atoms with Gasteiger partial charge in [-0.2, -0.15) is 0 Å². The van der Waals surface area contributed by atoms with E-state index in [0.29, 0.717) is 5.92 Å². The normalized spacial score (nSPS) is 15.7. The Morgan fingerprint density at radius 3 is 2.40 bits per heavy atom. The lowest BCUT2D eigenvalue weighted by Gasteiger charge is -2.20. The molecule has 3 heteroatoms. The molecule has 3 N–H and O–H groups in total. The number of nitrogens with two attached hydrogens (primary N) is 1. The zero-order valence-corrected chi connectivity index (χ0v) is 10.8. The summed E-state index contributed by atoms with van der Waals surface area (Å²) in [5.41, 5.74) is 6.99. The van der Waals surface area contributed by atoms with E-state index in [1.165, 1.54) is 9.75 Å². The average Bonchev–Trinajstić information content (AvgIpc) is 2.42. The van der Waals surface area contributed by atoms with Crippen molar-refractivity contribution in [3.05, 3.63) is 21.4 Å². The summed E-state index contributed by atoms with van der Waals surface area (Å²) in [6, 6.07) is 1.89. The van der Waals surface area contributed by atoms with E-state index in [1.54, 1.807) is 11.3 Å². The second-order valence-electron chi connectivity index (χ2n) is 4.61. The third-order valence-corrected chi connectivity index (χ3v) is 3.53. The molecule has 2 atom stereocenters. The summed E-state index contributed by atoms with van der Waals surface area (Å²) in [6.07, 6.45) is 0.340. The number of aliphatic hydroxyl groups excluding tert-OH is 1. The van der Waals surface area contributed by atoms with Gasteiger partial charge in [0.2, 0.25) is 0 Å². The van der Waals surface area contributed by atoms with Crippen molar-refractivity contribution in [2.45, 2.75) is 46.3 Å². The van der Waals surface area contributed by atoms with E-state index >= 15 is 0 Å². The van der Waals surface area contributed by atoms with Crippen LogP contribution in [0.2, 0.25) is 0 Å². The minimum Gasteiger partial charge on any atom is -0.387 e. The number of hydrogen-bond acceptors (Lipinski definition) is 3. The zero-order chi connectivity index (χ0) is 11.6. The Balaban J connectivity index is 2.75. The molecular weight excluding hydrogens is 206 g/mol. The molecule has 2 unspecified atom stereocenters. The summed E-state index contributed by atoms with van der Waals surface area (Å²) in [5.74, 6) is 0.523. The first-order chi connectivity index (χ1) is 6.91. The van der Waals surface area contributed by atoms with Crippen LogP contribution in [-0.2, 0) is 0 Å². The molecule has 0 saturated carbocycles. The summed E-state index contributed by atoms with van der Waals surface area (Å²) < 4.78 is 0. The summed E-state index contributed by atoms with van der Waals surface area (Å²) >= 11 is 1.72. The third kappa shape index (κ3) is 3.30. The standard InChI is InChI=1S/C12H21NOS/c1-7(2)5-11(13)12(14)10-6-8(3)15-9(10)4/h6-7,11-12,14H,5,13H2,1-4H3. The number of hydrogen-bond donors (Lipinski definition) is 2. The highest BCUT2D eigenvalue weighted by Crippen LogP contribution is 2.29. The fourth-order valence-corrected chi connectivity index (χ4v) is 2.81. The largest absolute Gasteiger partial charge is 0.387 e. The van der Waals surface area contributed by atoms with E-state index in [2.05, 4.69) is 20.8 Å². The minimum atomic E-state index is -0.516. The van der Waals surface area contributed by atoms with Crippen LogP contribution >= 0.6 is 11.3 Å².